The molecule has 0 aliphatic rings. The average molecular weight is 158 g/mol. The molecule has 0 radical (unpaired) electrons. The molecular weight excluding hydrogens is 144 g/mol. The smallest absolute Gasteiger partial charge is 0.219 e. The van der Waals surface area contributed by atoms with Crippen molar-refractivity contribution >= 4 is 12.2 Å². The minimum absolute atomic E-state index is 0.0626. The molecule has 4 nitrogen and oxygen atoms in total. The van der Waals surface area contributed by atoms with Crippen LogP contribution in [0.5, 0.6) is 0 Å². The summed E-state index contributed by atoms with van der Waals surface area (Å²) in [4.78, 5) is 22.3. The molecule has 0 atom stereocenters. The molecule has 64 valence electrons. The number of likely N-dealkylation sites (N-methyl/N-ethyl adjacent to an activating group) is 1. The fourth-order valence-electron chi connectivity index (χ4n) is 0.714. The maximum atomic E-state index is 10.8. The lowest BCUT2D eigenvalue weighted by atomic mass is 10.4. The van der Waals surface area contributed by atoms with Gasteiger partial charge in [0.1, 0.15) is 6.29 Å². The molecule has 1 amide bonds. The molecule has 0 spiro atoms. The third-order valence-corrected chi connectivity index (χ3v) is 1.37. The SMILES string of the molecule is CNCCN(CC=O)C(C)=O. The molecule has 0 heterocycles. The van der Waals surface area contributed by atoms with Gasteiger partial charge in [0.2, 0.25) is 5.91 Å². The van der Waals surface area contributed by atoms with E-state index < -0.39 is 0 Å². The van der Waals surface area contributed by atoms with Crippen molar-refractivity contribution < 1.29 is 9.59 Å². The summed E-state index contributed by atoms with van der Waals surface area (Å²) in [6, 6.07) is 0. The molecule has 0 aliphatic carbocycles. The second-order valence-electron chi connectivity index (χ2n) is 2.24. The van der Waals surface area contributed by atoms with Gasteiger partial charge in [-0.2, -0.15) is 0 Å². The van der Waals surface area contributed by atoms with Crippen LogP contribution in [0.4, 0.5) is 0 Å². The number of amides is 1. The third kappa shape index (κ3) is 4.50. The first kappa shape index (κ1) is 10.1. The normalized spacial score (nSPS) is 9.27. The molecular formula is C7H14N2O2. The Kier molecular flexibility index (Phi) is 5.37. The molecule has 0 bridgehead atoms. The van der Waals surface area contributed by atoms with Crippen LogP contribution in [-0.4, -0.2) is 43.8 Å². The first-order valence-corrected chi connectivity index (χ1v) is 3.56. The summed E-state index contributed by atoms with van der Waals surface area (Å²) in [5.74, 6) is -0.0626. The standard InChI is InChI=1S/C7H14N2O2/c1-7(11)9(5-6-10)4-3-8-2/h6,8H,3-5H2,1-2H3. The predicted octanol–water partition coefficient (Wildman–Crippen LogP) is -0.747. The van der Waals surface area contributed by atoms with Gasteiger partial charge in [0.25, 0.3) is 0 Å². The number of nitrogens with zero attached hydrogens (tertiary/aromatic N) is 1. The maximum absolute atomic E-state index is 10.8. The van der Waals surface area contributed by atoms with Gasteiger partial charge in [0, 0.05) is 20.0 Å². The van der Waals surface area contributed by atoms with E-state index in [0.29, 0.717) is 13.1 Å². The molecule has 0 saturated carbocycles. The number of hydrogen-bond donors (Lipinski definition) is 1. The van der Waals surface area contributed by atoms with Crippen LogP contribution >= 0.6 is 0 Å². The van der Waals surface area contributed by atoms with Crippen LogP contribution in [0.3, 0.4) is 0 Å². The zero-order valence-electron chi connectivity index (χ0n) is 6.96. The first-order valence-electron chi connectivity index (χ1n) is 3.56. The van der Waals surface area contributed by atoms with Gasteiger partial charge in [-0.15, -0.1) is 0 Å². The van der Waals surface area contributed by atoms with Gasteiger partial charge in [-0.25, -0.2) is 0 Å². The Labute approximate surface area is 66.6 Å². The molecule has 1 N–H and O–H groups in total. The summed E-state index contributed by atoms with van der Waals surface area (Å²) in [7, 11) is 1.80. The third-order valence-electron chi connectivity index (χ3n) is 1.37. The quantitative estimate of drug-likeness (QED) is 0.536. The second kappa shape index (κ2) is 5.85. The molecule has 0 rings (SSSR count). The Balaban J connectivity index is 3.69. The van der Waals surface area contributed by atoms with Gasteiger partial charge in [-0.05, 0) is 7.05 Å². The zero-order chi connectivity index (χ0) is 8.69. The lowest BCUT2D eigenvalue weighted by molar-refractivity contribution is -0.130. The summed E-state index contributed by atoms with van der Waals surface area (Å²) in [5, 5.41) is 2.90. The molecule has 0 fully saturated rings. The monoisotopic (exact) mass is 158 g/mol. The van der Waals surface area contributed by atoms with Crippen molar-refractivity contribution in [3.63, 3.8) is 0 Å². The summed E-state index contributed by atoms with van der Waals surface area (Å²) >= 11 is 0. The topological polar surface area (TPSA) is 49.4 Å². The van der Waals surface area contributed by atoms with E-state index in [1.54, 1.807) is 7.05 Å². The second-order valence-corrected chi connectivity index (χ2v) is 2.24. The predicted molar refractivity (Wildman–Crippen MR) is 42.2 cm³/mol. The Morgan fingerprint density at radius 3 is 2.64 bits per heavy atom. The van der Waals surface area contributed by atoms with Crippen molar-refractivity contribution in [2.24, 2.45) is 0 Å². The zero-order valence-corrected chi connectivity index (χ0v) is 6.96. The van der Waals surface area contributed by atoms with E-state index in [9.17, 15) is 9.59 Å². The molecule has 11 heavy (non-hydrogen) atoms. The first-order chi connectivity index (χ1) is 5.22. The van der Waals surface area contributed by atoms with E-state index >= 15 is 0 Å². The van der Waals surface area contributed by atoms with Crippen LogP contribution in [0.1, 0.15) is 6.92 Å². The van der Waals surface area contributed by atoms with Gasteiger partial charge in [-0.1, -0.05) is 0 Å². The van der Waals surface area contributed by atoms with Crippen molar-refractivity contribution in [1.29, 1.82) is 0 Å². The molecule has 4 heteroatoms. The van der Waals surface area contributed by atoms with Gasteiger partial charge < -0.3 is 15.0 Å². The summed E-state index contributed by atoms with van der Waals surface area (Å²) in [6.07, 6.45) is 0.733. The number of rotatable bonds is 5. The highest BCUT2D eigenvalue weighted by Gasteiger charge is 2.05. The van der Waals surface area contributed by atoms with E-state index in [1.807, 2.05) is 0 Å². The maximum Gasteiger partial charge on any atom is 0.219 e. The number of hydrogen-bond acceptors (Lipinski definition) is 3. The fraction of sp³-hybridized carbons (Fsp3) is 0.714. The number of carbonyl (C=O) groups is 2. The summed E-state index contributed by atoms with van der Waals surface area (Å²) in [5.41, 5.74) is 0. The minimum Gasteiger partial charge on any atom is -0.335 e. The van der Waals surface area contributed by atoms with Crippen molar-refractivity contribution in [2.45, 2.75) is 6.92 Å². The van der Waals surface area contributed by atoms with Crippen LogP contribution in [0.25, 0.3) is 0 Å². The minimum atomic E-state index is -0.0626. The van der Waals surface area contributed by atoms with E-state index in [0.717, 1.165) is 6.29 Å². The Morgan fingerprint density at radius 2 is 2.27 bits per heavy atom. The lowest BCUT2D eigenvalue weighted by Gasteiger charge is -2.17. The van der Waals surface area contributed by atoms with Crippen molar-refractivity contribution in [1.82, 2.24) is 10.2 Å². The van der Waals surface area contributed by atoms with Crippen molar-refractivity contribution in [3.05, 3.63) is 0 Å². The molecule has 0 aliphatic heterocycles. The van der Waals surface area contributed by atoms with E-state index in [1.165, 1.54) is 11.8 Å². The summed E-state index contributed by atoms with van der Waals surface area (Å²) < 4.78 is 0. The van der Waals surface area contributed by atoms with Gasteiger partial charge in [-0.3, -0.25) is 4.79 Å². The van der Waals surface area contributed by atoms with Gasteiger partial charge >= 0.3 is 0 Å². The van der Waals surface area contributed by atoms with Crippen molar-refractivity contribution in [2.75, 3.05) is 26.7 Å². The van der Waals surface area contributed by atoms with Gasteiger partial charge in [0.15, 0.2) is 0 Å². The van der Waals surface area contributed by atoms with Crippen LogP contribution < -0.4 is 5.32 Å². The fourth-order valence-corrected chi connectivity index (χ4v) is 0.714. The van der Waals surface area contributed by atoms with Crippen molar-refractivity contribution in [3.8, 4) is 0 Å². The highest BCUT2D eigenvalue weighted by atomic mass is 16.2. The highest BCUT2D eigenvalue weighted by molar-refractivity contribution is 5.75. The molecule has 0 aromatic heterocycles. The molecule has 0 aromatic rings. The average Bonchev–Trinajstić information content (AvgIpc) is 1.97. The Hall–Kier alpha value is -0.900. The largest absolute Gasteiger partial charge is 0.335 e. The Bertz CT molecular complexity index is 136. The Morgan fingerprint density at radius 1 is 1.64 bits per heavy atom. The van der Waals surface area contributed by atoms with E-state index in [-0.39, 0.29) is 12.5 Å². The summed E-state index contributed by atoms with van der Waals surface area (Å²) in [6.45, 7) is 2.95. The van der Waals surface area contributed by atoms with E-state index in [2.05, 4.69) is 5.32 Å². The van der Waals surface area contributed by atoms with Crippen LogP contribution in [-0.2, 0) is 9.59 Å². The van der Waals surface area contributed by atoms with E-state index in [4.69, 9.17) is 0 Å². The van der Waals surface area contributed by atoms with Gasteiger partial charge in [0.05, 0.1) is 6.54 Å². The lowest BCUT2D eigenvalue weighted by Crippen LogP contribution is -2.35. The molecule has 0 aromatic carbocycles. The number of nitrogens with one attached hydrogen (secondary N) is 1. The van der Waals surface area contributed by atoms with Crippen LogP contribution in [0.2, 0.25) is 0 Å². The molecule has 0 saturated heterocycles. The highest BCUT2D eigenvalue weighted by Crippen LogP contribution is 1.85. The molecule has 0 unspecified atom stereocenters. The van der Waals surface area contributed by atoms with Crippen LogP contribution in [0, 0.1) is 0 Å². The number of carbonyl (C=O) groups excluding carboxylic acids is 2. The van der Waals surface area contributed by atoms with Crippen LogP contribution in [0.15, 0.2) is 0 Å². The number of aldehydes is 1.